The molecule has 1 aliphatic carbocycles. The maximum Gasteiger partial charge on any atom is 0.333 e. The monoisotopic (exact) mass is 1030 g/mol. The number of carbonyl (C=O) groups excluding carboxylic acids is 6. The number of rotatable bonds is 33. The zero-order valence-electron chi connectivity index (χ0n) is 44.3. The Morgan fingerprint density at radius 1 is 0.603 bits per heavy atom. The summed E-state index contributed by atoms with van der Waals surface area (Å²) in [5.41, 5.74) is -3.56. The van der Waals surface area contributed by atoms with Gasteiger partial charge in [0.25, 0.3) is 0 Å². The van der Waals surface area contributed by atoms with Crippen LogP contribution in [0.2, 0.25) is 0 Å². The highest BCUT2D eigenvalue weighted by Gasteiger charge is 2.53. The highest BCUT2D eigenvalue weighted by Crippen LogP contribution is 2.40. The molecular weight excluding hydrogens is 952 g/mol. The first kappa shape index (κ1) is 61.6. The van der Waals surface area contributed by atoms with Gasteiger partial charge in [-0.1, -0.05) is 64.0 Å². The maximum atomic E-state index is 16.3. The van der Waals surface area contributed by atoms with Crippen LogP contribution in [-0.2, 0) is 82.6 Å². The molecule has 0 N–H and O–H groups in total. The van der Waals surface area contributed by atoms with Gasteiger partial charge in [-0.05, 0) is 99.1 Å². The van der Waals surface area contributed by atoms with Gasteiger partial charge in [0, 0.05) is 45.1 Å². The number of hydrogen-bond acceptors (Lipinski definition) is 17. The van der Waals surface area contributed by atoms with Crippen molar-refractivity contribution in [3.05, 3.63) is 77.6 Å². The topological polar surface area (TPSA) is 204 Å². The minimum atomic E-state index is -2.15. The molecule has 1 fully saturated rings. The number of halogens is 1. The van der Waals surface area contributed by atoms with Crippen molar-refractivity contribution in [2.24, 2.45) is 22.2 Å². The molecule has 0 unspecified atom stereocenters. The second-order valence-electron chi connectivity index (χ2n) is 19.0. The van der Waals surface area contributed by atoms with Crippen molar-refractivity contribution in [2.45, 2.75) is 90.9 Å². The minimum Gasteiger partial charge on any atom is -0.492 e. The summed E-state index contributed by atoms with van der Waals surface area (Å²) in [6.07, 6.45) is 9.70. The summed E-state index contributed by atoms with van der Waals surface area (Å²) >= 11 is 0. The molecule has 17 nitrogen and oxygen atoms in total. The van der Waals surface area contributed by atoms with E-state index in [1.54, 1.807) is 30.3 Å². The van der Waals surface area contributed by atoms with Crippen molar-refractivity contribution in [1.82, 2.24) is 0 Å². The normalized spacial score (nSPS) is 14.9. The van der Waals surface area contributed by atoms with Gasteiger partial charge in [-0.15, -0.1) is 0 Å². The zero-order valence-corrected chi connectivity index (χ0v) is 44.3. The standard InChI is InChI=1S/C55H77FO17/c1-12-13-14-16-39-18-20-40(21-19-39)41-22-24-44(45(56)28-41)42-23-25-46(43(27-42)17-15-26-69-47(57)37(2)3)70-29-53(30-71-48(58)38(4)5,31-72-51(61)54(33-63-6,34-64-7)49(59)67-10)32-73-52(62)55(35-65-8,36-66-9)50(60)68-11/h22-25,27-28,39-40H,2,4,12-21,26,29-36H2,1,3,5-11H3. The van der Waals surface area contributed by atoms with E-state index in [4.69, 9.17) is 52.1 Å². The Kier molecular flexibility index (Phi) is 25.7. The van der Waals surface area contributed by atoms with Crippen LogP contribution in [0.4, 0.5) is 4.39 Å². The fourth-order valence-corrected chi connectivity index (χ4v) is 8.75. The van der Waals surface area contributed by atoms with Gasteiger partial charge in [0.05, 0.1) is 47.3 Å². The summed E-state index contributed by atoms with van der Waals surface area (Å²) in [4.78, 5) is 80.2. The fraction of sp³-hybridized carbons (Fsp3) is 0.600. The summed E-state index contributed by atoms with van der Waals surface area (Å²) in [7, 11) is 7.13. The van der Waals surface area contributed by atoms with Gasteiger partial charge >= 0.3 is 35.8 Å². The summed E-state index contributed by atoms with van der Waals surface area (Å²) in [5, 5.41) is 0. The van der Waals surface area contributed by atoms with Gasteiger partial charge < -0.3 is 52.1 Å². The largest absolute Gasteiger partial charge is 0.492 e. The highest BCUT2D eigenvalue weighted by molar-refractivity contribution is 6.01. The van der Waals surface area contributed by atoms with Gasteiger partial charge in [-0.25, -0.2) is 14.0 Å². The number of methoxy groups -OCH3 is 6. The molecule has 18 heteroatoms. The predicted octanol–water partition coefficient (Wildman–Crippen LogP) is 7.87. The Hall–Kier alpha value is -5.69. The summed E-state index contributed by atoms with van der Waals surface area (Å²) < 4.78 is 76.5. The van der Waals surface area contributed by atoms with Crippen LogP contribution in [0.3, 0.4) is 0 Å². The molecular formula is C55H77FO17. The SMILES string of the molecule is C=C(C)C(=O)OCCCc1cc(-c2ccc(C3CCC(CCCCC)CC3)cc2F)ccc1OCC(COC(=O)C(=C)C)(COC(=O)C(COC)(COC)C(=O)OC)COC(=O)C(COC)(COC)C(=O)OC. The summed E-state index contributed by atoms with van der Waals surface area (Å²) in [5.74, 6) is -5.09. The Balaban J connectivity index is 2.17. The van der Waals surface area contributed by atoms with Crippen LogP contribution >= 0.6 is 0 Å². The molecule has 0 aliphatic heterocycles. The van der Waals surface area contributed by atoms with Gasteiger partial charge in [0.2, 0.25) is 10.8 Å². The van der Waals surface area contributed by atoms with Crippen LogP contribution < -0.4 is 4.74 Å². The molecule has 1 saturated carbocycles. The number of esters is 6. The highest BCUT2D eigenvalue weighted by atomic mass is 19.1. The maximum absolute atomic E-state index is 16.3. The number of hydrogen-bond donors (Lipinski definition) is 0. The molecule has 2 aromatic carbocycles. The predicted molar refractivity (Wildman–Crippen MR) is 267 cm³/mol. The number of unbranched alkanes of at least 4 members (excludes halogenated alkanes) is 2. The van der Waals surface area contributed by atoms with Crippen molar-refractivity contribution in [3.8, 4) is 16.9 Å². The summed E-state index contributed by atoms with van der Waals surface area (Å²) in [6.45, 7) is 7.54. The lowest BCUT2D eigenvalue weighted by Gasteiger charge is -2.35. The van der Waals surface area contributed by atoms with Crippen LogP contribution in [0.5, 0.6) is 5.75 Å². The molecule has 406 valence electrons. The molecule has 73 heavy (non-hydrogen) atoms. The van der Waals surface area contributed by atoms with Crippen LogP contribution in [-0.4, -0.2) is 138 Å². The number of carbonyl (C=O) groups is 6. The average molecular weight is 1030 g/mol. The minimum absolute atomic E-state index is 0.00174. The van der Waals surface area contributed by atoms with Gasteiger partial charge in [-0.3, -0.25) is 19.2 Å². The second kappa shape index (κ2) is 30.5. The molecule has 0 saturated heterocycles. The number of ether oxygens (including phenoxy) is 11. The first-order valence-electron chi connectivity index (χ1n) is 24.5. The van der Waals surface area contributed by atoms with E-state index in [0.717, 1.165) is 45.5 Å². The third kappa shape index (κ3) is 17.2. The third-order valence-corrected chi connectivity index (χ3v) is 13.0. The van der Waals surface area contributed by atoms with E-state index in [2.05, 4.69) is 20.1 Å². The Morgan fingerprint density at radius 3 is 1.60 bits per heavy atom. The molecule has 0 bridgehead atoms. The van der Waals surface area contributed by atoms with Crippen molar-refractivity contribution in [3.63, 3.8) is 0 Å². The van der Waals surface area contributed by atoms with Crippen molar-refractivity contribution < 1.29 is 85.3 Å². The zero-order chi connectivity index (χ0) is 54.2. The molecule has 1 aliphatic rings. The molecule has 0 amide bonds. The molecule has 0 aromatic heterocycles. The van der Waals surface area contributed by atoms with E-state index in [0.29, 0.717) is 29.0 Å². The van der Waals surface area contributed by atoms with E-state index in [1.165, 1.54) is 68.0 Å². The fourth-order valence-electron chi connectivity index (χ4n) is 8.75. The quantitative estimate of drug-likeness (QED) is 0.0219. The van der Waals surface area contributed by atoms with E-state index in [1.807, 2.05) is 6.07 Å². The summed E-state index contributed by atoms with van der Waals surface area (Å²) in [6, 6.07) is 10.4. The second-order valence-corrected chi connectivity index (χ2v) is 19.0. The van der Waals surface area contributed by atoms with Crippen molar-refractivity contribution in [1.29, 1.82) is 0 Å². The molecule has 0 heterocycles. The van der Waals surface area contributed by atoms with Crippen LogP contribution in [0, 0.1) is 28.0 Å². The molecule has 3 rings (SSSR count). The van der Waals surface area contributed by atoms with Crippen LogP contribution in [0.15, 0.2) is 60.7 Å². The van der Waals surface area contributed by atoms with E-state index in [-0.39, 0.29) is 35.8 Å². The Labute approximate surface area is 429 Å². The lowest BCUT2D eigenvalue weighted by Crippen LogP contribution is -2.52. The molecule has 2 aromatic rings. The smallest absolute Gasteiger partial charge is 0.333 e. The first-order valence-corrected chi connectivity index (χ1v) is 24.5. The van der Waals surface area contributed by atoms with Crippen LogP contribution in [0.1, 0.15) is 95.6 Å². The van der Waals surface area contributed by atoms with E-state index >= 15 is 4.39 Å². The Bertz CT molecular complexity index is 2110. The van der Waals surface area contributed by atoms with Gasteiger partial charge in [0.1, 0.15) is 43.4 Å². The van der Waals surface area contributed by atoms with Crippen molar-refractivity contribution >= 4 is 35.8 Å². The average Bonchev–Trinajstić information content (AvgIpc) is 3.38. The van der Waals surface area contributed by atoms with Gasteiger partial charge in [0.15, 0.2) is 0 Å². The molecule has 0 atom stereocenters. The Morgan fingerprint density at radius 2 is 1.12 bits per heavy atom. The molecule has 0 radical (unpaired) electrons. The lowest BCUT2D eigenvalue weighted by molar-refractivity contribution is -0.188. The first-order chi connectivity index (χ1) is 34.9. The number of benzene rings is 2. The third-order valence-electron chi connectivity index (χ3n) is 13.0. The molecule has 0 spiro atoms. The lowest BCUT2D eigenvalue weighted by atomic mass is 9.77. The number of aryl methyl sites for hydroxylation is 1. The van der Waals surface area contributed by atoms with Crippen molar-refractivity contribution in [2.75, 3.05) is 102 Å². The van der Waals surface area contributed by atoms with E-state index < -0.39 is 111 Å². The van der Waals surface area contributed by atoms with E-state index in [9.17, 15) is 28.8 Å². The van der Waals surface area contributed by atoms with Gasteiger partial charge in [-0.2, -0.15) is 0 Å². The van der Waals surface area contributed by atoms with Crippen LogP contribution in [0.25, 0.3) is 11.1 Å².